The number of hydrogen-bond donors (Lipinski definition) is 3. The molecule has 1 saturated heterocycles. The fraction of sp³-hybridized carbons (Fsp3) is 0.462. The van der Waals surface area contributed by atoms with E-state index in [1.807, 2.05) is 6.92 Å². The fourth-order valence-corrected chi connectivity index (χ4v) is 2.87. The molecular formula is C13H19N3O4S. The Labute approximate surface area is 123 Å². The summed E-state index contributed by atoms with van der Waals surface area (Å²) in [6, 6.07) is 4.55. The highest BCUT2D eigenvalue weighted by Gasteiger charge is 2.33. The second kappa shape index (κ2) is 5.72. The lowest BCUT2D eigenvalue weighted by Gasteiger charge is -2.38. The molecule has 0 atom stereocenters. The quantitative estimate of drug-likeness (QED) is 0.706. The Kier molecular flexibility index (Phi) is 4.33. The van der Waals surface area contributed by atoms with Crippen LogP contribution in [0, 0.1) is 6.92 Å². The minimum absolute atomic E-state index is 0.00336. The number of benzene rings is 1. The average Bonchev–Trinajstić information content (AvgIpc) is 2.35. The van der Waals surface area contributed by atoms with Gasteiger partial charge in [-0.25, -0.2) is 13.6 Å². The van der Waals surface area contributed by atoms with Gasteiger partial charge in [0.05, 0.1) is 10.5 Å². The van der Waals surface area contributed by atoms with Gasteiger partial charge in [-0.2, -0.15) is 0 Å². The maximum atomic E-state index is 11.9. The van der Waals surface area contributed by atoms with Crippen molar-refractivity contribution in [3.8, 4) is 0 Å². The van der Waals surface area contributed by atoms with E-state index in [1.165, 1.54) is 12.1 Å². The van der Waals surface area contributed by atoms with Crippen LogP contribution in [0.5, 0.6) is 0 Å². The molecule has 116 valence electrons. The van der Waals surface area contributed by atoms with Gasteiger partial charge < -0.3 is 15.4 Å². The second-order valence-electron chi connectivity index (χ2n) is 5.36. The molecule has 1 aromatic carbocycles. The zero-order valence-electron chi connectivity index (χ0n) is 12.0. The van der Waals surface area contributed by atoms with Crippen molar-refractivity contribution < 1.29 is 17.9 Å². The van der Waals surface area contributed by atoms with Crippen LogP contribution in [0.4, 0.5) is 5.69 Å². The average molecular weight is 313 g/mol. The highest BCUT2D eigenvalue weighted by molar-refractivity contribution is 7.89. The van der Waals surface area contributed by atoms with Gasteiger partial charge >= 0.3 is 0 Å². The Morgan fingerprint density at radius 1 is 1.48 bits per heavy atom. The molecule has 0 unspecified atom stereocenters. The first-order valence-corrected chi connectivity index (χ1v) is 8.03. The molecule has 8 heteroatoms. The first-order chi connectivity index (χ1) is 9.71. The standard InChI is InChI=1S/C13H19N3O4S/c1-9-10(4-3-5-11(9)21(14,18)19)16-12(17)6-20-13(2)7-15-8-13/h3-5,15H,6-8H2,1-2H3,(H,16,17)(H2,14,18,19). The van der Waals surface area contributed by atoms with Gasteiger partial charge in [0, 0.05) is 18.8 Å². The number of nitrogens with one attached hydrogen (secondary N) is 2. The Balaban J connectivity index is 2.04. The Morgan fingerprint density at radius 3 is 2.67 bits per heavy atom. The highest BCUT2D eigenvalue weighted by atomic mass is 32.2. The van der Waals surface area contributed by atoms with E-state index in [4.69, 9.17) is 9.88 Å². The maximum absolute atomic E-state index is 11.9. The smallest absolute Gasteiger partial charge is 0.250 e. The Morgan fingerprint density at radius 2 is 2.14 bits per heavy atom. The molecular weight excluding hydrogens is 294 g/mol. The molecule has 2 rings (SSSR count). The van der Waals surface area contributed by atoms with Crippen LogP contribution in [0.3, 0.4) is 0 Å². The molecule has 1 heterocycles. The van der Waals surface area contributed by atoms with Crippen molar-refractivity contribution in [3.63, 3.8) is 0 Å². The predicted molar refractivity (Wildman–Crippen MR) is 78.4 cm³/mol. The van der Waals surface area contributed by atoms with Gasteiger partial charge in [0.1, 0.15) is 6.61 Å². The number of sulfonamides is 1. The summed E-state index contributed by atoms with van der Waals surface area (Å²) < 4.78 is 28.4. The molecule has 1 aliphatic heterocycles. The van der Waals surface area contributed by atoms with E-state index in [9.17, 15) is 13.2 Å². The zero-order chi connectivity index (χ0) is 15.7. The molecule has 1 fully saturated rings. The van der Waals surface area contributed by atoms with Gasteiger partial charge in [-0.05, 0) is 31.5 Å². The topological polar surface area (TPSA) is 111 Å². The second-order valence-corrected chi connectivity index (χ2v) is 6.89. The minimum atomic E-state index is -3.81. The molecule has 1 amide bonds. The molecule has 7 nitrogen and oxygen atoms in total. The molecule has 21 heavy (non-hydrogen) atoms. The summed E-state index contributed by atoms with van der Waals surface area (Å²) >= 11 is 0. The Bertz CT molecular complexity index is 653. The number of nitrogens with two attached hydrogens (primary N) is 1. The van der Waals surface area contributed by atoms with Gasteiger partial charge in [0.15, 0.2) is 0 Å². The number of ether oxygens (including phenoxy) is 1. The van der Waals surface area contributed by atoms with Crippen molar-refractivity contribution in [2.75, 3.05) is 25.0 Å². The SMILES string of the molecule is Cc1c(NC(=O)COC2(C)CNC2)cccc1S(N)(=O)=O. The summed E-state index contributed by atoms with van der Waals surface area (Å²) in [5.74, 6) is -0.335. The van der Waals surface area contributed by atoms with Crippen LogP contribution < -0.4 is 15.8 Å². The third kappa shape index (κ3) is 3.79. The van der Waals surface area contributed by atoms with E-state index in [0.717, 1.165) is 0 Å². The van der Waals surface area contributed by atoms with E-state index in [1.54, 1.807) is 13.0 Å². The van der Waals surface area contributed by atoms with Crippen molar-refractivity contribution in [1.82, 2.24) is 5.32 Å². The van der Waals surface area contributed by atoms with E-state index in [2.05, 4.69) is 10.6 Å². The van der Waals surface area contributed by atoms with Gasteiger partial charge in [-0.1, -0.05) is 6.07 Å². The largest absolute Gasteiger partial charge is 0.363 e. The zero-order valence-corrected chi connectivity index (χ0v) is 12.8. The molecule has 0 aromatic heterocycles. The molecule has 0 saturated carbocycles. The van der Waals surface area contributed by atoms with Crippen LogP contribution in [-0.2, 0) is 19.6 Å². The summed E-state index contributed by atoms with van der Waals surface area (Å²) in [6.07, 6.45) is 0. The lowest BCUT2D eigenvalue weighted by molar-refractivity contribution is -0.130. The van der Waals surface area contributed by atoms with E-state index >= 15 is 0 Å². The van der Waals surface area contributed by atoms with Crippen LogP contribution in [0.2, 0.25) is 0 Å². The van der Waals surface area contributed by atoms with Crippen LogP contribution in [0.1, 0.15) is 12.5 Å². The molecule has 0 spiro atoms. The summed E-state index contributed by atoms with van der Waals surface area (Å²) in [5, 5.41) is 10.8. The molecule has 0 aliphatic carbocycles. The van der Waals surface area contributed by atoms with Crippen LogP contribution in [-0.4, -0.2) is 39.6 Å². The van der Waals surface area contributed by atoms with Gasteiger partial charge in [-0.15, -0.1) is 0 Å². The van der Waals surface area contributed by atoms with Crippen molar-refractivity contribution in [2.24, 2.45) is 5.14 Å². The normalized spacial score (nSPS) is 17.1. The number of carbonyl (C=O) groups excluding carboxylic acids is 1. The predicted octanol–water partition coefficient (Wildman–Crippen LogP) is -0.0406. The van der Waals surface area contributed by atoms with Crippen LogP contribution in [0.15, 0.2) is 23.1 Å². The summed E-state index contributed by atoms with van der Waals surface area (Å²) in [7, 11) is -3.81. The number of carbonyl (C=O) groups is 1. The first kappa shape index (κ1) is 15.9. The first-order valence-electron chi connectivity index (χ1n) is 6.48. The number of hydrogen-bond acceptors (Lipinski definition) is 5. The van der Waals surface area contributed by atoms with Gasteiger partial charge in [0.25, 0.3) is 0 Å². The number of anilines is 1. The van der Waals surface area contributed by atoms with Crippen molar-refractivity contribution in [2.45, 2.75) is 24.3 Å². The third-order valence-electron chi connectivity index (χ3n) is 3.41. The van der Waals surface area contributed by atoms with Gasteiger partial charge in [-0.3, -0.25) is 4.79 Å². The maximum Gasteiger partial charge on any atom is 0.250 e. The van der Waals surface area contributed by atoms with Crippen LogP contribution >= 0.6 is 0 Å². The highest BCUT2D eigenvalue weighted by Crippen LogP contribution is 2.22. The Hall–Kier alpha value is -1.48. The summed E-state index contributed by atoms with van der Waals surface area (Å²) in [5.41, 5.74) is 0.506. The lowest BCUT2D eigenvalue weighted by atomic mass is 10.0. The van der Waals surface area contributed by atoms with E-state index < -0.39 is 10.0 Å². The number of amides is 1. The van der Waals surface area contributed by atoms with E-state index in [-0.39, 0.29) is 23.0 Å². The minimum Gasteiger partial charge on any atom is -0.363 e. The van der Waals surface area contributed by atoms with Crippen LogP contribution in [0.25, 0.3) is 0 Å². The summed E-state index contributed by atoms with van der Waals surface area (Å²) in [4.78, 5) is 11.9. The van der Waals surface area contributed by atoms with Crippen molar-refractivity contribution >= 4 is 21.6 Å². The van der Waals surface area contributed by atoms with Crippen molar-refractivity contribution in [1.29, 1.82) is 0 Å². The fourth-order valence-electron chi connectivity index (χ4n) is 2.06. The van der Waals surface area contributed by atoms with Gasteiger partial charge in [0.2, 0.25) is 15.9 Å². The number of rotatable bonds is 5. The molecule has 1 aliphatic rings. The number of primary sulfonamides is 1. The third-order valence-corrected chi connectivity index (χ3v) is 4.47. The lowest BCUT2D eigenvalue weighted by Crippen LogP contribution is -2.59. The molecule has 1 aromatic rings. The molecule has 4 N–H and O–H groups in total. The molecule has 0 bridgehead atoms. The summed E-state index contributed by atoms with van der Waals surface area (Å²) in [6.45, 7) is 4.84. The monoisotopic (exact) mass is 313 g/mol. The van der Waals surface area contributed by atoms with E-state index in [0.29, 0.717) is 24.3 Å². The molecule has 0 radical (unpaired) electrons. The van der Waals surface area contributed by atoms with Crippen molar-refractivity contribution in [3.05, 3.63) is 23.8 Å².